The van der Waals surface area contributed by atoms with Crippen molar-refractivity contribution < 1.29 is 0 Å². The van der Waals surface area contributed by atoms with E-state index in [9.17, 15) is 0 Å². The van der Waals surface area contributed by atoms with E-state index in [0.29, 0.717) is 4.75 Å². The van der Waals surface area contributed by atoms with Crippen molar-refractivity contribution in [3.05, 3.63) is 19.2 Å². The summed E-state index contributed by atoms with van der Waals surface area (Å²) in [5.74, 6) is 1.33. The van der Waals surface area contributed by atoms with Crippen LogP contribution < -0.4 is 5.32 Å². The summed E-state index contributed by atoms with van der Waals surface area (Å²) in [7, 11) is 0. The lowest BCUT2D eigenvalue weighted by atomic mass is 10.1. The lowest BCUT2D eigenvalue weighted by molar-refractivity contribution is 0.539. The first-order chi connectivity index (χ1) is 7.59. The molecule has 0 aromatic carbocycles. The summed E-state index contributed by atoms with van der Waals surface area (Å²) in [6, 6.07) is 2.19. The van der Waals surface area contributed by atoms with Crippen molar-refractivity contribution in [2.24, 2.45) is 0 Å². The molecule has 1 fully saturated rings. The van der Waals surface area contributed by atoms with Crippen molar-refractivity contribution in [1.29, 1.82) is 0 Å². The fourth-order valence-electron chi connectivity index (χ4n) is 1.90. The van der Waals surface area contributed by atoms with Gasteiger partial charge in [-0.1, -0.05) is 0 Å². The molecule has 0 aliphatic carbocycles. The first-order valence-electron chi connectivity index (χ1n) is 5.37. The van der Waals surface area contributed by atoms with E-state index >= 15 is 0 Å². The highest BCUT2D eigenvalue weighted by Gasteiger charge is 2.28. The second-order valence-corrected chi connectivity index (χ2v) is 9.33. The predicted octanol–water partition coefficient (Wildman–Crippen LogP) is 4.65. The molecular weight excluding hydrogens is 370 g/mol. The second-order valence-electron chi connectivity index (χ2n) is 4.34. The molecule has 0 bridgehead atoms. The Morgan fingerprint density at radius 1 is 1.50 bits per heavy atom. The predicted molar refractivity (Wildman–Crippen MR) is 81.5 cm³/mol. The zero-order valence-electron chi connectivity index (χ0n) is 9.19. The van der Waals surface area contributed by atoms with Crippen LogP contribution in [0, 0.1) is 0 Å². The van der Waals surface area contributed by atoms with Crippen molar-refractivity contribution in [1.82, 2.24) is 5.32 Å². The van der Waals surface area contributed by atoms with E-state index in [1.54, 1.807) is 11.3 Å². The second kappa shape index (κ2) is 5.74. The zero-order chi connectivity index (χ0) is 11.6. The third kappa shape index (κ3) is 3.48. The van der Waals surface area contributed by atoms with Crippen LogP contribution >= 0.6 is 55.0 Å². The van der Waals surface area contributed by atoms with Gasteiger partial charge in [-0.05, 0) is 63.4 Å². The van der Waals surface area contributed by atoms with Crippen molar-refractivity contribution in [2.45, 2.75) is 31.1 Å². The molecule has 1 unspecified atom stereocenters. The number of thioether (sulfide) groups is 1. The highest BCUT2D eigenvalue weighted by molar-refractivity contribution is 9.13. The molecule has 5 heteroatoms. The Morgan fingerprint density at radius 2 is 2.31 bits per heavy atom. The van der Waals surface area contributed by atoms with E-state index in [4.69, 9.17) is 0 Å². The normalized spacial score (nSPS) is 25.2. The Morgan fingerprint density at radius 3 is 2.88 bits per heavy atom. The fraction of sp³-hybridized carbons (Fsp3) is 0.636. The SMILES string of the molecule is CC1(CNCc2cc(Br)c(Br)s2)CCCS1. The number of hydrogen-bond acceptors (Lipinski definition) is 3. The molecule has 0 saturated carbocycles. The van der Waals surface area contributed by atoms with Gasteiger partial charge in [-0.25, -0.2) is 0 Å². The Balaban J connectivity index is 1.79. The molecule has 1 nitrogen and oxygen atoms in total. The smallest absolute Gasteiger partial charge is 0.0843 e. The van der Waals surface area contributed by atoms with E-state index in [-0.39, 0.29) is 0 Å². The molecular formula is C11H15Br2NS2. The first-order valence-corrected chi connectivity index (χ1v) is 8.76. The van der Waals surface area contributed by atoms with E-state index in [1.165, 1.54) is 27.3 Å². The number of thiophene rings is 1. The minimum atomic E-state index is 0.464. The summed E-state index contributed by atoms with van der Waals surface area (Å²) in [5.41, 5.74) is 0. The van der Waals surface area contributed by atoms with Crippen LogP contribution in [0.2, 0.25) is 0 Å². The fourth-order valence-corrected chi connectivity index (χ4v) is 5.33. The van der Waals surface area contributed by atoms with Gasteiger partial charge in [0.2, 0.25) is 0 Å². The van der Waals surface area contributed by atoms with Crippen molar-refractivity contribution >= 4 is 55.0 Å². The molecule has 1 aromatic rings. The molecule has 0 amide bonds. The van der Waals surface area contributed by atoms with E-state index in [0.717, 1.165) is 17.6 Å². The van der Waals surface area contributed by atoms with Crippen molar-refractivity contribution in [3.8, 4) is 0 Å². The van der Waals surface area contributed by atoms with Gasteiger partial charge in [-0.2, -0.15) is 11.8 Å². The first kappa shape index (κ1) is 13.4. The van der Waals surface area contributed by atoms with Crippen LogP contribution in [0.25, 0.3) is 0 Å². The highest BCUT2D eigenvalue weighted by atomic mass is 79.9. The maximum Gasteiger partial charge on any atom is 0.0843 e. The van der Waals surface area contributed by atoms with Crippen LogP contribution in [0.3, 0.4) is 0 Å². The molecule has 90 valence electrons. The highest BCUT2D eigenvalue weighted by Crippen LogP contribution is 2.37. The molecule has 1 saturated heterocycles. The largest absolute Gasteiger partial charge is 0.310 e. The Bertz CT molecular complexity index is 339. The molecule has 0 radical (unpaired) electrons. The Labute approximate surface area is 122 Å². The number of nitrogens with one attached hydrogen (secondary N) is 1. The maximum absolute atomic E-state index is 3.57. The molecule has 2 heterocycles. The van der Waals surface area contributed by atoms with Crippen LogP contribution in [0.15, 0.2) is 14.3 Å². The van der Waals surface area contributed by atoms with E-state index < -0.39 is 0 Å². The molecule has 16 heavy (non-hydrogen) atoms. The van der Waals surface area contributed by atoms with Crippen LogP contribution in [0.1, 0.15) is 24.6 Å². The topological polar surface area (TPSA) is 12.0 Å². The molecule has 0 spiro atoms. The van der Waals surface area contributed by atoms with Crippen LogP contribution in [-0.4, -0.2) is 17.0 Å². The lowest BCUT2D eigenvalue weighted by Crippen LogP contribution is -2.32. The standard InChI is InChI=1S/C11H15Br2NS2/c1-11(3-2-4-15-11)7-14-6-8-5-9(12)10(13)16-8/h5,14H,2-4,6-7H2,1H3. The summed E-state index contributed by atoms with van der Waals surface area (Å²) in [6.07, 6.45) is 2.72. The van der Waals surface area contributed by atoms with E-state index in [2.05, 4.69) is 61.9 Å². The molecule has 1 N–H and O–H groups in total. The Hall–Kier alpha value is 0.970. The van der Waals surface area contributed by atoms with Gasteiger partial charge in [-0.3, -0.25) is 0 Å². The molecule has 1 aliphatic heterocycles. The molecule has 1 aromatic heterocycles. The number of hydrogen-bond donors (Lipinski definition) is 1. The van der Waals surface area contributed by atoms with Gasteiger partial charge in [0.15, 0.2) is 0 Å². The van der Waals surface area contributed by atoms with Gasteiger partial charge >= 0.3 is 0 Å². The lowest BCUT2D eigenvalue weighted by Gasteiger charge is -2.22. The average molecular weight is 385 g/mol. The van der Waals surface area contributed by atoms with Gasteiger partial charge < -0.3 is 5.32 Å². The summed E-state index contributed by atoms with van der Waals surface area (Å²) >= 11 is 10.9. The van der Waals surface area contributed by atoms with Crippen molar-refractivity contribution in [2.75, 3.05) is 12.3 Å². The van der Waals surface area contributed by atoms with Gasteiger partial charge in [0.1, 0.15) is 0 Å². The quantitative estimate of drug-likeness (QED) is 0.810. The van der Waals surface area contributed by atoms with Gasteiger partial charge in [0.05, 0.1) is 3.79 Å². The zero-order valence-corrected chi connectivity index (χ0v) is 14.0. The summed E-state index contributed by atoms with van der Waals surface area (Å²) in [5, 5.41) is 3.57. The van der Waals surface area contributed by atoms with Crippen LogP contribution in [0.5, 0.6) is 0 Å². The maximum atomic E-state index is 3.57. The summed E-state index contributed by atoms with van der Waals surface area (Å²) < 4.78 is 2.81. The van der Waals surface area contributed by atoms with Crippen molar-refractivity contribution in [3.63, 3.8) is 0 Å². The third-order valence-electron chi connectivity index (χ3n) is 2.79. The number of halogens is 2. The van der Waals surface area contributed by atoms with Gasteiger partial charge in [0, 0.05) is 27.2 Å². The van der Waals surface area contributed by atoms with E-state index in [1.807, 2.05) is 0 Å². The van der Waals surface area contributed by atoms with Gasteiger partial charge in [-0.15, -0.1) is 11.3 Å². The summed E-state index contributed by atoms with van der Waals surface area (Å²) in [6.45, 7) is 4.47. The average Bonchev–Trinajstić information content (AvgIpc) is 2.76. The Kier molecular flexibility index (Phi) is 4.81. The molecule has 1 atom stereocenters. The third-order valence-corrected chi connectivity index (χ3v) is 7.59. The van der Waals surface area contributed by atoms with Crippen LogP contribution in [0.4, 0.5) is 0 Å². The monoisotopic (exact) mass is 383 g/mol. The van der Waals surface area contributed by atoms with Gasteiger partial charge in [0.25, 0.3) is 0 Å². The number of rotatable bonds is 4. The molecule has 1 aliphatic rings. The minimum absolute atomic E-state index is 0.464. The molecule has 2 rings (SSSR count). The van der Waals surface area contributed by atoms with Crippen LogP contribution in [-0.2, 0) is 6.54 Å². The summed E-state index contributed by atoms with van der Waals surface area (Å²) in [4.78, 5) is 1.38. The minimum Gasteiger partial charge on any atom is -0.310 e.